The molecule has 0 aliphatic carbocycles. The van der Waals surface area contributed by atoms with Gasteiger partial charge >= 0.3 is 5.97 Å². The van der Waals surface area contributed by atoms with Crippen LogP contribution in [-0.2, 0) is 37.4 Å². The Morgan fingerprint density at radius 3 is 2.26 bits per heavy atom. The maximum Gasteiger partial charge on any atom is 0.306 e. The molecule has 2 N–H and O–H groups in total. The van der Waals surface area contributed by atoms with Crippen LogP contribution < -0.4 is 10.6 Å². The third-order valence-corrected chi connectivity index (χ3v) is 4.92. The standard InChI is InChI=1S/C25H32N2O4/c1-5-19-8-6-7-9-21(19)27-22(28)16-26-23(29)17-31-24(30)15-12-18-10-13-20(14-11-18)25(2,3)4/h6-11,13-14H,5,12,15-17H2,1-4H3,(H,26,29)(H,27,28). The second-order valence-electron chi connectivity index (χ2n) is 8.44. The third-order valence-electron chi connectivity index (χ3n) is 4.92. The minimum atomic E-state index is -0.512. The fraction of sp³-hybridized carbons (Fsp3) is 0.400. The van der Waals surface area contributed by atoms with E-state index in [2.05, 4.69) is 43.5 Å². The number of esters is 1. The van der Waals surface area contributed by atoms with Crippen molar-refractivity contribution in [3.05, 3.63) is 65.2 Å². The molecule has 166 valence electrons. The van der Waals surface area contributed by atoms with Crippen LogP contribution in [0.4, 0.5) is 5.69 Å². The van der Waals surface area contributed by atoms with Gasteiger partial charge in [-0.15, -0.1) is 0 Å². The van der Waals surface area contributed by atoms with Gasteiger partial charge in [0.05, 0.1) is 6.54 Å². The second kappa shape index (κ2) is 11.3. The highest BCUT2D eigenvalue weighted by molar-refractivity contribution is 5.95. The number of nitrogens with one attached hydrogen (secondary N) is 2. The quantitative estimate of drug-likeness (QED) is 0.600. The smallest absolute Gasteiger partial charge is 0.306 e. The Hall–Kier alpha value is -3.15. The van der Waals surface area contributed by atoms with Crippen LogP contribution in [-0.4, -0.2) is 30.9 Å². The summed E-state index contributed by atoms with van der Waals surface area (Å²) in [7, 11) is 0. The Balaban J connectivity index is 1.67. The van der Waals surface area contributed by atoms with E-state index in [9.17, 15) is 14.4 Å². The molecule has 0 aliphatic heterocycles. The summed E-state index contributed by atoms with van der Waals surface area (Å²) in [5.74, 6) is -1.29. The average Bonchev–Trinajstić information content (AvgIpc) is 2.75. The molecule has 0 aliphatic rings. The monoisotopic (exact) mass is 424 g/mol. The highest BCUT2D eigenvalue weighted by Crippen LogP contribution is 2.22. The molecule has 0 spiro atoms. The van der Waals surface area contributed by atoms with Crippen molar-refractivity contribution in [1.29, 1.82) is 0 Å². The fourth-order valence-electron chi connectivity index (χ4n) is 3.01. The van der Waals surface area contributed by atoms with E-state index in [-0.39, 0.29) is 24.3 Å². The molecule has 2 amide bonds. The molecule has 0 bridgehead atoms. The number of para-hydroxylation sites is 1. The van der Waals surface area contributed by atoms with E-state index < -0.39 is 18.5 Å². The van der Waals surface area contributed by atoms with Crippen molar-refractivity contribution in [2.24, 2.45) is 0 Å². The predicted molar refractivity (Wildman–Crippen MR) is 122 cm³/mol. The van der Waals surface area contributed by atoms with Crippen molar-refractivity contribution in [3.8, 4) is 0 Å². The maximum absolute atomic E-state index is 12.0. The Bertz CT molecular complexity index is 898. The highest BCUT2D eigenvalue weighted by atomic mass is 16.5. The van der Waals surface area contributed by atoms with Crippen LogP contribution in [0.15, 0.2) is 48.5 Å². The summed E-state index contributed by atoms with van der Waals surface area (Å²) in [5.41, 5.74) is 4.10. The Kier molecular flexibility index (Phi) is 8.79. The van der Waals surface area contributed by atoms with Crippen molar-refractivity contribution in [2.75, 3.05) is 18.5 Å². The first-order valence-electron chi connectivity index (χ1n) is 10.6. The molecule has 0 heterocycles. The molecule has 0 aromatic heterocycles. The normalized spacial score (nSPS) is 11.0. The number of carbonyl (C=O) groups is 3. The molecule has 2 aromatic rings. The van der Waals surface area contributed by atoms with Gasteiger partial charge in [0.15, 0.2) is 6.61 Å². The van der Waals surface area contributed by atoms with Gasteiger partial charge in [0.1, 0.15) is 0 Å². The van der Waals surface area contributed by atoms with E-state index in [4.69, 9.17) is 4.74 Å². The number of hydrogen-bond donors (Lipinski definition) is 2. The number of ether oxygens (including phenoxy) is 1. The summed E-state index contributed by atoms with van der Waals surface area (Å²) < 4.78 is 5.01. The zero-order chi connectivity index (χ0) is 22.9. The van der Waals surface area contributed by atoms with Crippen LogP contribution in [0.25, 0.3) is 0 Å². The molecule has 6 heteroatoms. The van der Waals surface area contributed by atoms with Crippen LogP contribution in [0.1, 0.15) is 50.8 Å². The number of benzene rings is 2. The topological polar surface area (TPSA) is 84.5 Å². The maximum atomic E-state index is 12.0. The molecule has 0 atom stereocenters. The van der Waals surface area contributed by atoms with Gasteiger partial charge in [-0.2, -0.15) is 0 Å². The average molecular weight is 425 g/mol. The first-order valence-corrected chi connectivity index (χ1v) is 10.6. The van der Waals surface area contributed by atoms with Crippen LogP contribution in [0.3, 0.4) is 0 Å². The molecule has 0 saturated heterocycles. The summed E-state index contributed by atoms with van der Waals surface area (Å²) in [4.78, 5) is 35.8. The van der Waals surface area contributed by atoms with E-state index in [0.717, 1.165) is 23.2 Å². The molecule has 2 aromatic carbocycles. The lowest BCUT2D eigenvalue weighted by Gasteiger charge is -2.19. The van der Waals surface area contributed by atoms with Gasteiger partial charge in [-0.3, -0.25) is 14.4 Å². The van der Waals surface area contributed by atoms with Gasteiger partial charge in [0.2, 0.25) is 5.91 Å². The molecule has 31 heavy (non-hydrogen) atoms. The Morgan fingerprint density at radius 2 is 1.61 bits per heavy atom. The van der Waals surface area contributed by atoms with Gasteiger partial charge in [0, 0.05) is 12.1 Å². The van der Waals surface area contributed by atoms with Gasteiger partial charge < -0.3 is 15.4 Å². The number of hydrogen-bond acceptors (Lipinski definition) is 4. The van der Waals surface area contributed by atoms with Gasteiger partial charge in [0.25, 0.3) is 5.91 Å². The van der Waals surface area contributed by atoms with Crippen LogP contribution in [0, 0.1) is 0 Å². The summed E-state index contributed by atoms with van der Waals surface area (Å²) >= 11 is 0. The zero-order valence-corrected chi connectivity index (χ0v) is 18.8. The number of aryl methyl sites for hydroxylation is 2. The van der Waals surface area contributed by atoms with E-state index in [1.54, 1.807) is 0 Å². The number of carbonyl (C=O) groups excluding carboxylic acids is 3. The molecule has 0 unspecified atom stereocenters. The van der Waals surface area contributed by atoms with Gasteiger partial charge in [-0.05, 0) is 41.0 Å². The lowest BCUT2D eigenvalue weighted by atomic mass is 9.86. The van der Waals surface area contributed by atoms with E-state index in [1.165, 1.54) is 5.56 Å². The van der Waals surface area contributed by atoms with Crippen LogP contribution in [0.5, 0.6) is 0 Å². The Morgan fingerprint density at radius 1 is 0.935 bits per heavy atom. The molecular formula is C25H32N2O4. The molecule has 0 saturated carbocycles. The number of rotatable bonds is 9. The fourth-order valence-corrected chi connectivity index (χ4v) is 3.01. The van der Waals surface area contributed by atoms with Crippen molar-refractivity contribution < 1.29 is 19.1 Å². The largest absolute Gasteiger partial charge is 0.456 e. The SMILES string of the molecule is CCc1ccccc1NC(=O)CNC(=O)COC(=O)CCc1ccc(C(C)(C)C)cc1. The van der Waals surface area contributed by atoms with Crippen LogP contribution in [0.2, 0.25) is 0 Å². The molecule has 6 nitrogen and oxygen atoms in total. The number of amides is 2. The lowest BCUT2D eigenvalue weighted by Crippen LogP contribution is -2.35. The molecule has 2 rings (SSSR count). The molecule has 0 radical (unpaired) electrons. The van der Waals surface area contributed by atoms with Crippen molar-refractivity contribution in [2.45, 2.75) is 52.4 Å². The van der Waals surface area contributed by atoms with Crippen molar-refractivity contribution in [3.63, 3.8) is 0 Å². The highest BCUT2D eigenvalue weighted by Gasteiger charge is 2.14. The van der Waals surface area contributed by atoms with Crippen molar-refractivity contribution in [1.82, 2.24) is 5.32 Å². The van der Waals surface area contributed by atoms with E-state index in [0.29, 0.717) is 6.42 Å². The summed E-state index contributed by atoms with van der Waals surface area (Å²) in [6, 6.07) is 15.7. The minimum absolute atomic E-state index is 0.0844. The number of anilines is 1. The van der Waals surface area contributed by atoms with E-state index >= 15 is 0 Å². The van der Waals surface area contributed by atoms with Crippen LogP contribution >= 0.6 is 0 Å². The Labute approximate surface area is 184 Å². The molecule has 0 fully saturated rings. The summed E-state index contributed by atoms with van der Waals surface area (Å²) in [5, 5.41) is 5.23. The first kappa shape index (κ1) is 24.1. The minimum Gasteiger partial charge on any atom is -0.456 e. The summed E-state index contributed by atoms with van der Waals surface area (Å²) in [6.45, 7) is 7.87. The van der Waals surface area contributed by atoms with Gasteiger partial charge in [-0.25, -0.2) is 0 Å². The van der Waals surface area contributed by atoms with E-state index in [1.807, 2.05) is 43.3 Å². The van der Waals surface area contributed by atoms with Gasteiger partial charge in [-0.1, -0.05) is 70.2 Å². The third kappa shape index (κ3) is 8.24. The second-order valence-corrected chi connectivity index (χ2v) is 8.44. The predicted octanol–water partition coefficient (Wildman–Crippen LogP) is 3.78. The zero-order valence-electron chi connectivity index (χ0n) is 18.8. The van der Waals surface area contributed by atoms with Crippen molar-refractivity contribution >= 4 is 23.5 Å². The lowest BCUT2D eigenvalue weighted by molar-refractivity contribution is -0.148. The molecular weight excluding hydrogens is 392 g/mol. The summed E-state index contributed by atoms with van der Waals surface area (Å²) in [6.07, 6.45) is 1.53. The first-order chi connectivity index (χ1) is 14.7.